The van der Waals surface area contributed by atoms with Gasteiger partial charge in [0.15, 0.2) is 5.96 Å². The Morgan fingerprint density at radius 1 is 1.19 bits per heavy atom. The number of ether oxygens (including phenoxy) is 1. The van der Waals surface area contributed by atoms with Crippen molar-refractivity contribution in [2.45, 2.75) is 65.1 Å². The van der Waals surface area contributed by atoms with Crippen molar-refractivity contribution < 1.29 is 4.74 Å². The zero-order chi connectivity index (χ0) is 22.1. The lowest BCUT2D eigenvalue weighted by atomic mass is 10.0. The maximum absolute atomic E-state index is 5.66. The molecule has 0 bridgehead atoms. The summed E-state index contributed by atoms with van der Waals surface area (Å²) >= 11 is 0. The molecule has 174 valence electrons. The second kappa shape index (κ2) is 12.2. The molecule has 2 saturated heterocycles. The standard InChI is InChI=1S/C24H42N6O/c1-19(2)22(29-11-7-5-6-8-12-29)17-28-24(25-4)27-16-21-9-10-26-23(15-21)30-13-14-31-20(3)18-30/h9-10,15,19-20,22H,5-8,11-14,16-18H2,1-4H3,(H2,25,27,28). The third-order valence-corrected chi connectivity index (χ3v) is 6.42. The van der Waals surface area contributed by atoms with E-state index < -0.39 is 0 Å². The number of morpholine rings is 1. The Labute approximate surface area is 188 Å². The molecule has 7 nitrogen and oxygen atoms in total. The predicted octanol–water partition coefficient (Wildman–Crippen LogP) is 2.87. The van der Waals surface area contributed by atoms with Crippen LogP contribution in [0.1, 0.15) is 52.0 Å². The van der Waals surface area contributed by atoms with Crippen LogP contribution in [0.5, 0.6) is 0 Å². The largest absolute Gasteiger partial charge is 0.375 e. The summed E-state index contributed by atoms with van der Waals surface area (Å²) in [7, 11) is 1.85. The Balaban J connectivity index is 1.52. The molecule has 2 atom stereocenters. The molecule has 3 heterocycles. The molecule has 2 aliphatic rings. The maximum atomic E-state index is 5.66. The van der Waals surface area contributed by atoms with Gasteiger partial charge in [0, 0.05) is 45.5 Å². The predicted molar refractivity (Wildman–Crippen MR) is 129 cm³/mol. The number of rotatable bonds is 7. The topological polar surface area (TPSA) is 65.0 Å². The molecule has 2 unspecified atom stereocenters. The van der Waals surface area contributed by atoms with Crippen molar-refractivity contribution in [3.8, 4) is 0 Å². The molecule has 0 aliphatic carbocycles. The van der Waals surface area contributed by atoms with Crippen molar-refractivity contribution in [3.05, 3.63) is 23.9 Å². The lowest BCUT2D eigenvalue weighted by Crippen LogP contribution is -2.49. The number of likely N-dealkylation sites (tertiary alicyclic amines) is 1. The van der Waals surface area contributed by atoms with Gasteiger partial charge in [0.25, 0.3) is 0 Å². The summed E-state index contributed by atoms with van der Waals surface area (Å²) < 4.78 is 5.66. The molecular weight excluding hydrogens is 388 g/mol. The molecule has 2 N–H and O–H groups in total. The van der Waals surface area contributed by atoms with Crippen LogP contribution in [0, 0.1) is 5.92 Å². The average molecular weight is 431 g/mol. The first-order valence-corrected chi connectivity index (χ1v) is 12.1. The van der Waals surface area contributed by atoms with Gasteiger partial charge in [-0.2, -0.15) is 0 Å². The van der Waals surface area contributed by atoms with E-state index in [1.165, 1.54) is 44.3 Å². The van der Waals surface area contributed by atoms with Gasteiger partial charge in [0.2, 0.25) is 0 Å². The van der Waals surface area contributed by atoms with Gasteiger partial charge in [0.1, 0.15) is 5.82 Å². The first-order valence-electron chi connectivity index (χ1n) is 12.1. The summed E-state index contributed by atoms with van der Waals surface area (Å²) in [6.07, 6.45) is 7.53. The Bertz CT molecular complexity index is 686. The lowest BCUT2D eigenvalue weighted by Gasteiger charge is -2.34. The third-order valence-electron chi connectivity index (χ3n) is 6.42. The fourth-order valence-corrected chi connectivity index (χ4v) is 4.59. The molecule has 31 heavy (non-hydrogen) atoms. The van der Waals surface area contributed by atoms with Gasteiger partial charge in [0.05, 0.1) is 12.7 Å². The average Bonchev–Trinajstić information content (AvgIpc) is 3.05. The van der Waals surface area contributed by atoms with E-state index in [2.05, 4.69) is 63.3 Å². The van der Waals surface area contributed by atoms with E-state index in [1.807, 2.05) is 13.2 Å². The Morgan fingerprint density at radius 2 is 1.97 bits per heavy atom. The summed E-state index contributed by atoms with van der Waals surface area (Å²) in [5.74, 6) is 2.50. The summed E-state index contributed by atoms with van der Waals surface area (Å²) in [4.78, 5) is 14.0. The number of guanidine groups is 1. The minimum atomic E-state index is 0.249. The Kier molecular flexibility index (Phi) is 9.40. The van der Waals surface area contributed by atoms with Crippen molar-refractivity contribution in [1.82, 2.24) is 20.5 Å². The van der Waals surface area contributed by atoms with Crippen LogP contribution in [0.25, 0.3) is 0 Å². The third kappa shape index (κ3) is 7.35. The van der Waals surface area contributed by atoms with Crippen LogP contribution in [0.4, 0.5) is 5.82 Å². The number of anilines is 1. The van der Waals surface area contributed by atoms with E-state index in [-0.39, 0.29) is 6.10 Å². The first kappa shape index (κ1) is 23.8. The van der Waals surface area contributed by atoms with Crippen LogP contribution in [-0.2, 0) is 11.3 Å². The monoisotopic (exact) mass is 430 g/mol. The fraction of sp³-hybridized carbons (Fsp3) is 0.750. The van der Waals surface area contributed by atoms with Gasteiger partial charge < -0.3 is 20.3 Å². The molecule has 0 saturated carbocycles. The van der Waals surface area contributed by atoms with E-state index in [9.17, 15) is 0 Å². The van der Waals surface area contributed by atoms with Gasteiger partial charge >= 0.3 is 0 Å². The lowest BCUT2D eigenvalue weighted by molar-refractivity contribution is 0.0529. The quantitative estimate of drug-likeness (QED) is 0.512. The summed E-state index contributed by atoms with van der Waals surface area (Å²) in [5, 5.41) is 7.06. The van der Waals surface area contributed by atoms with Crippen molar-refractivity contribution in [1.29, 1.82) is 0 Å². The molecule has 0 amide bonds. The van der Waals surface area contributed by atoms with E-state index in [0.717, 1.165) is 44.6 Å². The first-order chi connectivity index (χ1) is 15.1. The highest BCUT2D eigenvalue weighted by Gasteiger charge is 2.23. The number of nitrogens with zero attached hydrogens (tertiary/aromatic N) is 4. The number of pyridine rings is 1. The molecular formula is C24H42N6O. The second-order valence-corrected chi connectivity index (χ2v) is 9.22. The Morgan fingerprint density at radius 3 is 2.65 bits per heavy atom. The second-order valence-electron chi connectivity index (χ2n) is 9.22. The highest BCUT2D eigenvalue weighted by atomic mass is 16.5. The Hall–Kier alpha value is -1.86. The van der Waals surface area contributed by atoms with Gasteiger partial charge in [-0.05, 0) is 56.5 Å². The van der Waals surface area contributed by atoms with E-state index in [4.69, 9.17) is 4.74 Å². The van der Waals surface area contributed by atoms with Crippen molar-refractivity contribution in [3.63, 3.8) is 0 Å². The number of hydrogen-bond donors (Lipinski definition) is 2. The van der Waals surface area contributed by atoms with Crippen LogP contribution in [0.2, 0.25) is 0 Å². The zero-order valence-corrected chi connectivity index (χ0v) is 19.9. The van der Waals surface area contributed by atoms with Crippen molar-refractivity contribution >= 4 is 11.8 Å². The molecule has 0 radical (unpaired) electrons. The van der Waals surface area contributed by atoms with Crippen molar-refractivity contribution in [2.24, 2.45) is 10.9 Å². The number of hydrogen-bond acceptors (Lipinski definition) is 5. The normalized spacial score (nSPS) is 22.3. The van der Waals surface area contributed by atoms with Crippen LogP contribution in [0.3, 0.4) is 0 Å². The minimum absolute atomic E-state index is 0.249. The number of aromatic nitrogens is 1. The SMILES string of the molecule is CN=C(NCc1ccnc(N2CCOC(C)C2)c1)NCC(C(C)C)N1CCCCCC1. The summed E-state index contributed by atoms with van der Waals surface area (Å²) in [5.41, 5.74) is 1.21. The molecule has 2 aliphatic heterocycles. The van der Waals surface area contributed by atoms with Gasteiger partial charge in [-0.25, -0.2) is 4.98 Å². The molecule has 2 fully saturated rings. The summed E-state index contributed by atoms with van der Waals surface area (Å²) in [6, 6.07) is 4.78. The number of nitrogens with one attached hydrogen (secondary N) is 2. The molecule has 7 heteroatoms. The van der Waals surface area contributed by atoms with E-state index >= 15 is 0 Å². The molecule has 1 aromatic rings. The molecule has 1 aromatic heterocycles. The van der Waals surface area contributed by atoms with Gasteiger partial charge in [-0.1, -0.05) is 26.7 Å². The van der Waals surface area contributed by atoms with Crippen LogP contribution in [-0.4, -0.2) is 74.4 Å². The van der Waals surface area contributed by atoms with Crippen LogP contribution >= 0.6 is 0 Å². The van der Waals surface area contributed by atoms with E-state index in [1.54, 1.807) is 0 Å². The molecule has 3 rings (SSSR count). The summed E-state index contributed by atoms with van der Waals surface area (Å²) in [6.45, 7) is 13.4. The van der Waals surface area contributed by atoms with Crippen molar-refractivity contribution in [2.75, 3.05) is 51.3 Å². The van der Waals surface area contributed by atoms with E-state index in [0.29, 0.717) is 12.0 Å². The fourth-order valence-electron chi connectivity index (χ4n) is 4.59. The molecule has 0 spiro atoms. The maximum Gasteiger partial charge on any atom is 0.191 e. The minimum Gasteiger partial charge on any atom is -0.375 e. The smallest absolute Gasteiger partial charge is 0.191 e. The highest BCUT2D eigenvalue weighted by molar-refractivity contribution is 5.79. The van der Waals surface area contributed by atoms with Gasteiger partial charge in [-0.15, -0.1) is 0 Å². The zero-order valence-electron chi connectivity index (χ0n) is 19.9. The highest BCUT2D eigenvalue weighted by Crippen LogP contribution is 2.18. The molecule has 0 aromatic carbocycles. The number of aliphatic imine (C=N–C) groups is 1. The van der Waals surface area contributed by atoms with Gasteiger partial charge in [-0.3, -0.25) is 9.89 Å². The van der Waals surface area contributed by atoms with Crippen LogP contribution in [0.15, 0.2) is 23.3 Å². The van der Waals surface area contributed by atoms with Crippen LogP contribution < -0.4 is 15.5 Å².